The third kappa shape index (κ3) is 3.21. The van der Waals surface area contributed by atoms with Crippen LogP contribution < -0.4 is 5.32 Å². The Hall–Kier alpha value is -3.06. The number of amides is 1. The summed E-state index contributed by atoms with van der Waals surface area (Å²) in [5.74, 6) is -0.121. The number of carbonyl (C=O) groups excluding carboxylic acids is 1. The summed E-state index contributed by atoms with van der Waals surface area (Å²) in [6, 6.07) is 8.43. The Labute approximate surface area is 159 Å². The lowest BCUT2D eigenvalue weighted by Gasteiger charge is -2.38. The lowest BCUT2D eigenvalue weighted by Crippen LogP contribution is -2.48. The zero-order valence-electron chi connectivity index (χ0n) is 14.2. The van der Waals surface area contributed by atoms with Crippen LogP contribution in [0.5, 0.6) is 0 Å². The van der Waals surface area contributed by atoms with Gasteiger partial charge in [-0.15, -0.1) is 0 Å². The fraction of sp³-hybridized carbons (Fsp3) is 0.158. The molecule has 2 aromatic heterocycles. The Balaban J connectivity index is 1.65. The van der Waals surface area contributed by atoms with Crippen LogP contribution in [0, 0.1) is 5.82 Å². The standard InChI is InChI=1S/C19H15ClFN5O/c1-2-16(27)26-8-11(9-26)13-6-7-15-18(24-13)19(23-10-22-15)25-14-5-3-4-12(20)17(14)21/h2-7,10-11H,1,8-9H2,(H,22,23,25). The summed E-state index contributed by atoms with van der Waals surface area (Å²) >= 11 is 5.84. The summed E-state index contributed by atoms with van der Waals surface area (Å²) in [5.41, 5.74) is 2.21. The first-order valence-corrected chi connectivity index (χ1v) is 8.68. The molecular formula is C19H15ClFN5O. The van der Waals surface area contributed by atoms with Crippen molar-refractivity contribution < 1.29 is 9.18 Å². The van der Waals surface area contributed by atoms with Crippen LogP contribution in [0.25, 0.3) is 11.0 Å². The Kier molecular flexibility index (Phi) is 4.45. The number of nitrogens with one attached hydrogen (secondary N) is 1. The van der Waals surface area contributed by atoms with Gasteiger partial charge in [-0.1, -0.05) is 24.2 Å². The van der Waals surface area contributed by atoms with Gasteiger partial charge in [-0.25, -0.2) is 19.3 Å². The summed E-state index contributed by atoms with van der Waals surface area (Å²) in [7, 11) is 0. The van der Waals surface area contributed by atoms with Crippen LogP contribution in [0.1, 0.15) is 11.6 Å². The number of rotatable bonds is 4. The number of hydrogen-bond acceptors (Lipinski definition) is 5. The predicted octanol–water partition coefficient (Wildman–Crippen LogP) is 3.67. The van der Waals surface area contributed by atoms with E-state index in [1.165, 1.54) is 18.5 Å². The van der Waals surface area contributed by atoms with Gasteiger partial charge in [-0.2, -0.15) is 0 Å². The van der Waals surface area contributed by atoms with Gasteiger partial charge in [0.05, 0.1) is 16.2 Å². The summed E-state index contributed by atoms with van der Waals surface area (Å²) < 4.78 is 14.2. The Morgan fingerprint density at radius 1 is 1.30 bits per heavy atom. The number of hydrogen-bond donors (Lipinski definition) is 1. The number of pyridine rings is 1. The molecular weight excluding hydrogens is 369 g/mol. The molecule has 1 fully saturated rings. The number of nitrogens with zero attached hydrogens (tertiary/aromatic N) is 4. The second kappa shape index (κ2) is 6.92. The fourth-order valence-corrected chi connectivity index (χ4v) is 3.15. The molecule has 6 nitrogen and oxygen atoms in total. The third-order valence-electron chi connectivity index (χ3n) is 4.49. The van der Waals surface area contributed by atoms with Crippen molar-refractivity contribution >= 4 is 40.0 Å². The summed E-state index contributed by atoms with van der Waals surface area (Å²) in [6.45, 7) is 4.67. The lowest BCUT2D eigenvalue weighted by atomic mass is 9.95. The van der Waals surface area contributed by atoms with Crippen molar-refractivity contribution in [3.8, 4) is 0 Å². The summed E-state index contributed by atoms with van der Waals surface area (Å²) in [6.07, 6.45) is 2.70. The van der Waals surface area contributed by atoms with Crippen LogP contribution in [0.3, 0.4) is 0 Å². The minimum absolute atomic E-state index is 0.0217. The molecule has 136 valence electrons. The van der Waals surface area contributed by atoms with Crippen molar-refractivity contribution in [3.05, 3.63) is 65.8 Å². The summed E-state index contributed by atoms with van der Waals surface area (Å²) in [5, 5.41) is 2.97. The van der Waals surface area contributed by atoms with E-state index in [1.807, 2.05) is 12.1 Å². The van der Waals surface area contributed by atoms with Crippen LogP contribution in [-0.4, -0.2) is 38.8 Å². The number of fused-ring (bicyclic) bond motifs is 1. The second-order valence-corrected chi connectivity index (χ2v) is 6.60. The number of anilines is 2. The highest BCUT2D eigenvalue weighted by Gasteiger charge is 2.31. The quantitative estimate of drug-likeness (QED) is 0.696. The zero-order valence-corrected chi connectivity index (χ0v) is 14.9. The number of halogens is 2. The minimum atomic E-state index is -0.556. The van der Waals surface area contributed by atoms with Crippen molar-refractivity contribution in [2.24, 2.45) is 0 Å². The first kappa shape index (κ1) is 17.4. The van der Waals surface area contributed by atoms with Crippen molar-refractivity contribution in [1.82, 2.24) is 19.9 Å². The molecule has 0 unspecified atom stereocenters. The first-order valence-electron chi connectivity index (χ1n) is 8.31. The average molecular weight is 384 g/mol. The van der Waals surface area contributed by atoms with Gasteiger partial charge in [0.2, 0.25) is 5.91 Å². The minimum Gasteiger partial charge on any atom is -0.338 e. The van der Waals surface area contributed by atoms with E-state index in [1.54, 1.807) is 17.0 Å². The van der Waals surface area contributed by atoms with Gasteiger partial charge in [-0.3, -0.25) is 4.79 Å². The number of likely N-dealkylation sites (tertiary alicyclic amines) is 1. The predicted molar refractivity (Wildman–Crippen MR) is 102 cm³/mol. The normalized spacial score (nSPS) is 14.1. The molecule has 3 heterocycles. The molecule has 0 saturated carbocycles. The maximum Gasteiger partial charge on any atom is 0.245 e. The highest BCUT2D eigenvalue weighted by atomic mass is 35.5. The smallest absolute Gasteiger partial charge is 0.245 e. The maximum atomic E-state index is 14.2. The topological polar surface area (TPSA) is 71.0 Å². The molecule has 8 heteroatoms. The Morgan fingerprint density at radius 3 is 2.89 bits per heavy atom. The van der Waals surface area contributed by atoms with E-state index in [2.05, 4.69) is 26.8 Å². The van der Waals surface area contributed by atoms with Gasteiger partial charge in [-0.05, 0) is 30.3 Å². The molecule has 0 bridgehead atoms. The van der Waals surface area contributed by atoms with Gasteiger partial charge in [0.15, 0.2) is 11.6 Å². The van der Waals surface area contributed by atoms with E-state index in [0.29, 0.717) is 29.9 Å². The van der Waals surface area contributed by atoms with E-state index in [-0.39, 0.29) is 22.5 Å². The van der Waals surface area contributed by atoms with E-state index < -0.39 is 5.82 Å². The van der Waals surface area contributed by atoms with E-state index >= 15 is 0 Å². The van der Waals surface area contributed by atoms with Crippen molar-refractivity contribution in [1.29, 1.82) is 0 Å². The van der Waals surface area contributed by atoms with E-state index in [4.69, 9.17) is 11.6 Å². The van der Waals surface area contributed by atoms with Crippen LogP contribution in [0.4, 0.5) is 15.9 Å². The van der Waals surface area contributed by atoms with Crippen molar-refractivity contribution in [3.63, 3.8) is 0 Å². The zero-order chi connectivity index (χ0) is 19.0. The number of carbonyl (C=O) groups is 1. The average Bonchev–Trinajstić information content (AvgIpc) is 2.64. The van der Waals surface area contributed by atoms with Gasteiger partial charge >= 0.3 is 0 Å². The summed E-state index contributed by atoms with van der Waals surface area (Å²) in [4.78, 5) is 26.4. The Bertz CT molecular complexity index is 1050. The van der Waals surface area contributed by atoms with Crippen molar-refractivity contribution in [2.45, 2.75) is 5.92 Å². The molecule has 1 N–H and O–H groups in total. The molecule has 27 heavy (non-hydrogen) atoms. The molecule has 1 aliphatic rings. The molecule has 0 radical (unpaired) electrons. The molecule has 0 spiro atoms. The van der Waals surface area contributed by atoms with Crippen LogP contribution in [0.15, 0.2) is 49.3 Å². The molecule has 1 aliphatic heterocycles. The molecule has 4 rings (SSSR count). The number of benzene rings is 1. The van der Waals surface area contributed by atoms with E-state index in [0.717, 1.165) is 5.69 Å². The maximum absolute atomic E-state index is 14.2. The van der Waals surface area contributed by atoms with Crippen LogP contribution >= 0.6 is 11.6 Å². The molecule has 0 aliphatic carbocycles. The molecule has 1 amide bonds. The monoisotopic (exact) mass is 383 g/mol. The third-order valence-corrected chi connectivity index (χ3v) is 4.79. The van der Waals surface area contributed by atoms with Crippen molar-refractivity contribution in [2.75, 3.05) is 18.4 Å². The highest BCUT2D eigenvalue weighted by Crippen LogP contribution is 2.30. The molecule has 0 atom stereocenters. The van der Waals surface area contributed by atoms with Gasteiger partial charge in [0.25, 0.3) is 0 Å². The first-order chi connectivity index (χ1) is 13.1. The second-order valence-electron chi connectivity index (χ2n) is 6.20. The lowest BCUT2D eigenvalue weighted by molar-refractivity contribution is -0.130. The molecule has 1 saturated heterocycles. The largest absolute Gasteiger partial charge is 0.338 e. The van der Waals surface area contributed by atoms with Gasteiger partial charge in [0, 0.05) is 24.7 Å². The van der Waals surface area contributed by atoms with Gasteiger partial charge in [0.1, 0.15) is 11.8 Å². The fourth-order valence-electron chi connectivity index (χ4n) is 2.98. The van der Waals surface area contributed by atoms with E-state index in [9.17, 15) is 9.18 Å². The molecule has 3 aromatic rings. The van der Waals surface area contributed by atoms with Crippen LogP contribution in [0.2, 0.25) is 5.02 Å². The number of aromatic nitrogens is 3. The van der Waals surface area contributed by atoms with Crippen LogP contribution in [-0.2, 0) is 4.79 Å². The SMILES string of the molecule is C=CC(=O)N1CC(c2ccc3ncnc(Nc4cccc(Cl)c4F)c3n2)C1. The highest BCUT2D eigenvalue weighted by molar-refractivity contribution is 6.31. The Morgan fingerprint density at radius 2 is 2.11 bits per heavy atom. The van der Waals surface area contributed by atoms with Gasteiger partial charge < -0.3 is 10.2 Å². The molecule has 1 aromatic carbocycles.